The normalized spacial score (nSPS) is 16.4. The molecular weight excluding hydrogens is 412 g/mol. The van der Waals surface area contributed by atoms with Gasteiger partial charge in [-0.2, -0.15) is 0 Å². The second kappa shape index (κ2) is 10.1. The fourth-order valence-electron chi connectivity index (χ4n) is 3.59. The van der Waals surface area contributed by atoms with Crippen LogP contribution in [0.4, 0.5) is 0 Å². The van der Waals surface area contributed by atoms with Gasteiger partial charge < -0.3 is 24.1 Å². The van der Waals surface area contributed by atoms with Crippen LogP contribution in [0, 0.1) is 0 Å². The Bertz CT molecular complexity index is 1030. The van der Waals surface area contributed by atoms with Crippen LogP contribution in [-0.4, -0.2) is 66.9 Å². The van der Waals surface area contributed by atoms with Gasteiger partial charge in [0.05, 0.1) is 30.6 Å². The summed E-state index contributed by atoms with van der Waals surface area (Å²) in [6.45, 7) is 1.09. The second-order valence-electron chi connectivity index (χ2n) is 7.65. The lowest BCUT2D eigenvalue weighted by Crippen LogP contribution is -2.33. The first-order valence-electron chi connectivity index (χ1n) is 10.2. The fourth-order valence-corrected chi connectivity index (χ4v) is 3.59. The van der Waals surface area contributed by atoms with Crippen LogP contribution >= 0.6 is 0 Å². The van der Waals surface area contributed by atoms with Crippen LogP contribution in [-0.2, 0) is 14.3 Å². The number of ketones is 1. The van der Waals surface area contributed by atoms with Crippen molar-refractivity contribution in [1.29, 1.82) is 0 Å². The van der Waals surface area contributed by atoms with E-state index in [1.165, 1.54) is 30.4 Å². The highest BCUT2D eigenvalue weighted by Gasteiger charge is 2.42. The van der Waals surface area contributed by atoms with Gasteiger partial charge in [0.1, 0.15) is 5.76 Å². The topological polar surface area (TPSA) is 100 Å². The smallest absolute Gasteiger partial charge is 0.337 e. The summed E-state index contributed by atoms with van der Waals surface area (Å²) in [4.78, 5) is 41.1. The van der Waals surface area contributed by atoms with E-state index in [-0.39, 0.29) is 5.57 Å². The van der Waals surface area contributed by atoms with E-state index >= 15 is 0 Å². The SMILES string of the molecule is COC(=O)c1ccc(C2C(C(=O)/C=C/c3ccco3)=C(O)C(=O)N2CCCN(C)C)cc1. The van der Waals surface area contributed by atoms with Gasteiger partial charge in [0, 0.05) is 6.54 Å². The van der Waals surface area contributed by atoms with Gasteiger partial charge >= 0.3 is 5.97 Å². The first-order valence-corrected chi connectivity index (χ1v) is 10.2. The molecule has 0 aliphatic carbocycles. The van der Waals surface area contributed by atoms with Crippen molar-refractivity contribution in [2.75, 3.05) is 34.3 Å². The number of carbonyl (C=O) groups excluding carboxylic acids is 3. The lowest BCUT2D eigenvalue weighted by atomic mass is 9.95. The predicted molar refractivity (Wildman–Crippen MR) is 118 cm³/mol. The van der Waals surface area contributed by atoms with Gasteiger partial charge in [0.25, 0.3) is 5.91 Å². The molecule has 3 rings (SSSR count). The highest BCUT2D eigenvalue weighted by molar-refractivity contribution is 6.14. The van der Waals surface area contributed by atoms with E-state index in [9.17, 15) is 19.5 Å². The Morgan fingerprint density at radius 3 is 2.53 bits per heavy atom. The first-order chi connectivity index (χ1) is 15.3. The van der Waals surface area contributed by atoms with Gasteiger partial charge in [-0.25, -0.2) is 4.79 Å². The largest absolute Gasteiger partial charge is 0.503 e. The maximum atomic E-state index is 13.0. The lowest BCUT2D eigenvalue weighted by molar-refractivity contribution is -0.129. The molecule has 1 N–H and O–H groups in total. The number of methoxy groups -OCH3 is 1. The summed E-state index contributed by atoms with van der Waals surface area (Å²) in [6, 6.07) is 9.06. The number of esters is 1. The number of hydrogen-bond acceptors (Lipinski definition) is 7. The Morgan fingerprint density at radius 1 is 1.22 bits per heavy atom. The minimum atomic E-state index is -0.773. The van der Waals surface area contributed by atoms with Crippen molar-refractivity contribution in [1.82, 2.24) is 9.80 Å². The Kier molecular flexibility index (Phi) is 7.27. The fraction of sp³-hybridized carbons (Fsp3) is 0.292. The average Bonchev–Trinajstić information content (AvgIpc) is 3.39. The highest BCUT2D eigenvalue weighted by Crippen LogP contribution is 2.38. The number of rotatable bonds is 9. The second-order valence-corrected chi connectivity index (χ2v) is 7.65. The van der Waals surface area contributed by atoms with Gasteiger partial charge in [0.2, 0.25) is 0 Å². The third-order valence-corrected chi connectivity index (χ3v) is 5.16. The van der Waals surface area contributed by atoms with Crippen molar-refractivity contribution >= 4 is 23.7 Å². The van der Waals surface area contributed by atoms with Crippen LogP contribution in [0.1, 0.15) is 34.1 Å². The van der Waals surface area contributed by atoms with Gasteiger partial charge in [-0.3, -0.25) is 9.59 Å². The molecule has 32 heavy (non-hydrogen) atoms. The van der Waals surface area contributed by atoms with E-state index in [2.05, 4.69) is 0 Å². The minimum absolute atomic E-state index is 0.00604. The molecule has 0 radical (unpaired) electrons. The zero-order valence-corrected chi connectivity index (χ0v) is 18.3. The Hall–Kier alpha value is -3.65. The van der Waals surface area contributed by atoms with Crippen LogP contribution < -0.4 is 0 Å². The first kappa shape index (κ1) is 23.0. The summed E-state index contributed by atoms with van der Waals surface area (Å²) in [5, 5.41) is 10.6. The summed E-state index contributed by atoms with van der Waals surface area (Å²) in [5.74, 6) is -1.67. The van der Waals surface area contributed by atoms with Crippen LogP contribution in [0.15, 0.2) is 64.5 Å². The maximum absolute atomic E-state index is 13.0. The molecule has 0 fully saturated rings. The number of ether oxygens (including phenoxy) is 1. The van der Waals surface area contributed by atoms with Gasteiger partial charge in [-0.05, 0) is 69.0 Å². The molecule has 8 heteroatoms. The third-order valence-electron chi connectivity index (χ3n) is 5.16. The molecule has 1 aromatic carbocycles. The zero-order valence-electron chi connectivity index (χ0n) is 18.3. The lowest BCUT2D eigenvalue weighted by Gasteiger charge is -2.27. The van der Waals surface area contributed by atoms with E-state index in [4.69, 9.17) is 9.15 Å². The van der Waals surface area contributed by atoms with Gasteiger partial charge in [-0.15, -0.1) is 0 Å². The number of benzene rings is 1. The van der Waals surface area contributed by atoms with E-state index in [1.807, 2.05) is 19.0 Å². The Balaban J connectivity index is 1.95. The summed E-state index contributed by atoms with van der Waals surface area (Å²) in [5.41, 5.74) is 0.946. The summed E-state index contributed by atoms with van der Waals surface area (Å²) in [6.07, 6.45) is 4.90. The molecule has 0 saturated carbocycles. The van der Waals surface area contributed by atoms with E-state index in [1.54, 1.807) is 36.4 Å². The van der Waals surface area contributed by atoms with Crippen molar-refractivity contribution in [3.05, 3.63) is 77.0 Å². The molecule has 0 spiro atoms. The molecule has 8 nitrogen and oxygen atoms in total. The summed E-state index contributed by atoms with van der Waals surface area (Å²) >= 11 is 0. The van der Waals surface area contributed by atoms with Crippen molar-refractivity contribution in [2.45, 2.75) is 12.5 Å². The van der Waals surface area contributed by atoms with E-state index in [0.29, 0.717) is 29.9 Å². The van der Waals surface area contributed by atoms with E-state index in [0.717, 1.165) is 6.54 Å². The Labute approximate surface area is 186 Å². The van der Waals surface area contributed by atoms with Crippen molar-refractivity contribution in [3.63, 3.8) is 0 Å². The average molecular weight is 438 g/mol. The molecule has 1 aliphatic heterocycles. The van der Waals surface area contributed by atoms with Crippen molar-refractivity contribution in [2.24, 2.45) is 0 Å². The number of aliphatic hydroxyl groups is 1. The van der Waals surface area contributed by atoms with E-state index < -0.39 is 29.5 Å². The number of allylic oxidation sites excluding steroid dienone is 1. The quantitative estimate of drug-likeness (QED) is 0.474. The molecule has 0 saturated heterocycles. The molecule has 2 aromatic rings. The molecule has 1 aliphatic rings. The minimum Gasteiger partial charge on any atom is -0.503 e. The third kappa shape index (κ3) is 4.97. The van der Waals surface area contributed by atoms with Crippen LogP contribution in [0.5, 0.6) is 0 Å². The maximum Gasteiger partial charge on any atom is 0.337 e. The Morgan fingerprint density at radius 2 is 1.94 bits per heavy atom. The van der Waals surface area contributed by atoms with Crippen molar-refractivity contribution in [3.8, 4) is 0 Å². The molecule has 1 amide bonds. The number of amides is 1. The number of nitrogens with zero attached hydrogens (tertiary/aromatic N) is 2. The van der Waals surface area contributed by atoms with Crippen LogP contribution in [0.3, 0.4) is 0 Å². The molecule has 2 heterocycles. The zero-order chi connectivity index (χ0) is 23.3. The molecule has 1 unspecified atom stereocenters. The molecule has 168 valence electrons. The van der Waals surface area contributed by atoms with Crippen molar-refractivity contribution < 1.29 is 28.6 Å². The molecular formula is C24H26N2O6. The van der Waals surface area contributed by atoms with Gasteiger partial charge in [0.15, 0.2) is 11.5 Å². The highest BCUT2D eigenvalue weighted by atomic mass is 16.5. The number of hydrogen-bond donors (Lipinski definition) is 1. The molecule has 1 atom stereocenters. The number of furan rings is 1. The molecule has 1 aromatic heterocycles. The summed E-state index contributed by atoms with van der Waals surface area (Å²) in [7, 11) is 5.15. The van der Waals surface area contributed by atoms with Crippen LogP contribution in [0.25, 0.3) is 6.08 Å². The number of carbonyl (C=O) groups is 3. The monoisotopic (exact) mass is 438 g/mol. The summed E-state index contributed by atoms with van der Waals surface area (Å²) < 4.78 is 9.93. The van der Waals surface area contributed by atoms with Gasteiger partial charge in [-0.1, -0.05) is 12.1 Å². The van der Waals surface area contributed by atoms with Crippen LogP contribution in [0.2, 0.25) is 0 Å². The molecule has 0 bridgehead atoms. The predicted octanol–water partition coefficient (Wildman–Crippen LogP) is 3.00. The number of aliphatic hydroxyl groups excluding tert-OH is 1. The standard InChI is InChI=1S/C24H26N2O6/c1-25(2)13-5-14-26-21(16-7-9-17(10-8-16)24(30)31-3)20(22(28)23(26)29)19(27)12-11-18-6-4-15-32-18/h4,6-12,15,21,28H,5,13-14H2,1-3H3/b12-11+.